The first-order valence-electron chi connectivity index (χ1n) is 10.5. The summed E-state index contributed by atoms with van der Waals surface area (Å²) in [5.74, 6) is 1.12. The molecule has 4 rings (SSSR count). The predicted octanol–water partition coefficient (Wildman–Crippen LogP) is 3.43. The van der Waals surface area contributed by atoms with Gasteiger partial charge in [-0.25, -0.2) is 0 Å². The van der Waals surface area contributed by atoms with Crippen molar-refractivity contribution in [2.45, 2.75) is 44.7 Å². The average molecular weight is 408 g/mol. The molecule has 0 spiro atoms. The summed E-state index contributed by atoms with van der Waals surface area (Å²) in [5, 5.41) is 0. The number of carbonyl (C=O) groups is 2. The third-order valence-corrected chi connectivity index (χ3v) is 5.77. The predicted molar refractivity (Wildman–Crippen MR) is 115 cm³/mol. The lowest BCUT2D eigenvalue weighted by molar-refractivity contribution is -0.134. The summed E-state index contributed by atoms with van der Waals surface area (Å²) >= 11 is 0. The molecule has 2 amide bonds. The van der Waals surface area contributed by atoms with Crippen LogP contribution in [0.5, 0.6) is 11.5 Å². The molecule has 1 saturated carbocycles. The Balaban J connectivity index is 1.36. The van der Waals surface area contributed by atoms with Crippen LogP contribution >= 0.6 is 0 Å². The van der Waals surface area contributed by atoms with Crippen molar-refractivity contribution < 1.29 is 19.1 Å². The van der Waals surface area contributed by atoms with Crippen molar-refractivity contribution in [3.05, 3.63) is 54.1 Å². The van der Waals surface area contributed by atoms with Crippen molar-refractivity contribution >= 4 is 17.5 Å². The van der Waals surface area contributed by atoms with E-state index in [9.17, 15) is 9.59 Å². The SMILES string of the molecule is COc1ccccc1OCC(=O)N(CCC(=O)N1c2ccccc2CC1C)C1CC1. The highest BCUT2D eigenvalue weighted by atomic mass is 16.5. The van der Waals surface area contributed by atoms with Crippen molar-refractivity contribution in [1.82, 2.24) is 4.90 Å². The van der Waals surface area contributed by atoms with Gasteiger partial charge < -0.3 is 19.3 Å². The molecule has 6 heteroatoms. The smallest absolute Gasteiger partial charge is 0.260 e. The summed E-state index contributed by atoms with van der Waals surface area (Å²) in [6.45, 7) is 2.43. The number of methoxy groups -OCH3 is 1. The van der Waals surface area contributed by atoms with Gasteiger partial charge in [-0.1, -0.05) is 30.3 Å². The first kappa shape index (κ1) is 20.3. The van der Waals surface area contributed by atoms with E-state index in [1.54, 1.807) is 24.1 Å². The third kappa shape index (κ3) is 4.27. The van der Waals surface area contributed by atoms with Crippen LogP contribution in [0.1, 0.15) is 31.7 Å². The Hall–Kier alpha value is -3.02. The van der Waals surface area contributed by atoms with E-state index in [1.165, 1.54) is 5.56 Å². The Morgan fingerprint density at radius 3 is 2.50 bits per heavy atom. The average Bonchev–Trinajstić information content (AvgIpc) is 3.53. The lowest BCUT2D eigenvalue weighted by Gasteiger charge is -2.26. The van der Waals surface area contributed by atoms with E-state index in [4.69, 9.17) is 9.47 Å². The van der Waals surface area contributed by atoms with Crippen LogP contribution in [0.4, 0.5) is 5.69 Å². The molecule has 1 aliphatic carbocycles. The largest absolute Gasteiger partial charge is 0.493 e. The van der Waals surface area contributed by atoms with E-state index < -0.39 is 0 Å². The summed E-state index contributed by atoms with van der Waals surface area (Å²) in [6, 6.07) is 15.7. The van der Waals surface area contributed by atoms with Gasteiger partial charge in [0.05, 0.1) is 7.11 Å². The van der Waals surface area contributed by atoms with Gasteiger partial charge in [0.2, 0.25) is 5.91 Å². The quantitative estimate of drug-likeness (QED) is 0.672. The van der Waals surface area contributed by atoms with Crippen LogP contribution in [0.25, 0.3) is 0 Å². The standard InChI is InChI=1S/C24H28N2O4/c1-17-15-18-7-3-4-8-20(18)26(17)23(27)13-14-25(19-11-12-19)24(28)16-30-22-10-6-5-9-21(22)29-2/h3-10,17,19H,11-16H2,1-2H3. The molecule has 6 nitrogen and oxygen atoms in total. The lowest BCUT2D eigenvalue weighted by atomic mass is 10.1. The molecule has 2 aromatic rings. The number of amides is 2. The minimum Gasteiger partial charge on any atom is -0.493 e. The second kappa shape index (κ2) is 8.78. The number of anilines is 1. The van der Waals surface area contributed by atoms with E-state index in [0.717, 1.165) is 24.9 Å². The van der Waals surface area contributed by atoms with Crippen LogP contribution in [0, 0.1) is 0 Å². The van der Waals surface area contributed by atoms with Crippen LogP contribution in [-0.4, -0.2) is 49.1 Å². The second-order valence-corrected chi connectivity index (χ2v) is 7.95. The van der Waals surface area contributed by atoms with Crippen molar-refractivity contribution in [3.63, 3.8) is 0 Å². The maximum Gasteiger partial charge on any atom is 0.260 e. The maximum absolute atomic E-state index is 13.0. The van der Waals surface area contributed by atoms with Gasteiger partial charge in [-0.2, -0.15) is 0 Å². The number of fused-ring (bicyclic) bond motifs is 1. The van der Waals surface area contributed by atoms with E-state index in [1.807, 2.05) is 35.2 Å². The molecule has 1 fully saturated rings. The minimum absolute atomic E-state index is 0.0615. The molecule has 1 heterocycles. The summed E-state index contributed by atoms with van der Waals surface area (Å²) < 4.78 is 11.0. The molecule has 30 heavy (non-hydrogen) atoms. The molecule has 0 bridgehead atoms. The summed E-state index contributed by atoms with van der Waals surface area (Å²) in [6.07, 6.45) is 3.16. The highest BCUT2D eigenvalue weighted by molar-refractivity contribution is 5.96. The maximum atomic E-state index is 13.0. The Labute approximate surface area is 177 Å². The first-order chi connectivity index (χ1) is 14.6. The molecule has 0 aromatic heterocycles. The van der Waals surface area contributed by atoms with Crippen LogP contribution in [0.15, 0.2) is 48.5 Å². The Kier molecular flexibility index (Phi) is 5.93. The normalized spacial score (nSPS) is 17.4. The Morgan fingerprint density at radius 2 is 1.77 bits per heavy atom. The number of para-hydroxylation sites is 3. The second-order valence-electron chi connectivity index (χ2n) is 7.95. The first-order valence-corrected chi connectivity index (χ1v) is 10.5. The zero-order valence-electron chi connectivity index (χ0n) is 17.5. The highest BCUT2D eigenvalue weighted by Gasteiger charge is 2.35. The highest BCUT2D eigenvalue weighted by Crippen LogP contribution is 2.33. The summed E-state index contributed by atoms with van der Waals surface area (Å²) in [5.41, 5.74) is 2.21. The molecule has 0 N–H and O–H groups in total. The lowest BCUT2D eigenvalue weighted by Crippen LogP contribution is -2.41. The molecular weight excluding hydrogens is 380 g/mol. The van der Waals surface area contributed by atoms with Gasteiger partial charge in [-0.3, -0.25) is 9.59 Å². The van der Waals surface area contributed by atoms with E-state index in [0.29, 0.717) is 24.5 Å². The number of nitrogens with zero attached hydrogens (tertiary/aromatic N) is 2. The number of hydrogen-bond donors (Lipinski definition) is 0. The fourth-order valence-corrected chi connectivity index (χ4v) is 4.14. The molecule has 2 aliphatic rings. The molecule has 0 saturated heterocycles. The molecule has 0 radical (unpaired) electrons. The molecule has 158 valence electrons. The van der Waals surface area contributed by atoms with Gasteiger partial charge >= 0.3 is 0 Å². The molecule has 2 aromatic carbocycles. The van der Waals surface area contributed by atoms with Crippen molar-refractivity contribution in [3.8, 4) is 11.5 Å². The minimum atomic E-state index is -0.0916. The summed E-state index contributed by atoms with van der Waals surface area (Å²) in [7, 11) is 1.57. The fourth-order valence-electron chi connectivity index (χ4n) is 4.14. The fraction of sp³-hybridized carbons (Fsp3) is 0.417. The van der Waals surface area contributed by atoms with Crippen molar-refractivity contribution in [1.29, 1.82) is 0 Å². The summed E-state index contributed by atoms with van der Waals surface area (Å²) in [4.78, 5) is 29.5. The van der Waals surface area contributed by atoms with Crippen molar-refractivity contribution in [2.75, 3.05) is 25.2 Å². The van der Waals surface area contributed by atoms with E-state index in [-0.39, 0.29) is 30.5 Å². The van der Waals surface area contributed by atoms with Crippen LogP contribution in [-0.2, 0) is 16.0 Å². The zero-order valence-corrected chi connectivity index (χ0v) is 17.5. The number of benzene rings is 2. The van der Waals surface area contributed by atoms with Gasteiger partial charge in [0, 0.05) is 30.7 Å². The van der Waals surface area contributed by atoms with Gasteiger partial charge in [0.25, 0.3) is 5.91 Å². The van der Waals surface area contributed by atoms with E-state index >= 15 is 0 Å². The van der Waals surface area contributed by atoms with Gasteiger partial charge in [-0.15, -0.1) is 0 Å². The van der Waals surface area contributed by atoms with Crippen LogP contribution in [0.2, 0.25) is 0 Å². The van der Waals surface area contributed by atoms with Gasteiger partial charge in [0.15, 0.2) is 18.1 Å². The topological polar surface area (TPSA) is 59.1 Å². The molecule has 1 atom stereocenters. The molecule has 1 unspecified atom stereocenters. The zero-order chi connectivity index (χ0) is 21.1. The van der Waals surface area contributed by atoms with Gasteiger partial charge in [0.1, 0.15) is 0 Å². The van der Waals surface area contributed by atoms with E-state index in [2.05, 4.69) is 13.0 Å². The van der Waals surface area contributed by atoms with Crippen LogP contribution < -0.4 is 14.4 Å². The number of carbonyl (C=O) groups excluding carboxylic acids is 2. The number of hydrogen-bond acceptors (Lipinski definition) is 4. The number of rotatable bonds is 8. The third-order valence-electron chi connectivity index (χ3n) is 5.77. The number of ether oxygens (including phenoxy) is 2. The van der Waals surface area contributed by atoms with Crippen LogP contribution in [0.3, 0.4) is 0 Å². The molecule has 1 aliphatic heterocycles. The monoisotopic (exact) mass is 408 g/mol. The van der Waals surface area contributed by atoms with Gasteiger partial charge in [-0.05, 0) is 49.9 Å². The molecular formula is C24H28N2O4. The van der Waals surface area contributed by atoms with Crippen molar-refractivity contribution in [2.24, 2.45) is 0 Å². The Bertz CT molecular complexity index is 925. The Morgan fingerprint density at radius 1 is 1.07 bits per heavy atom.